The third-order valence-corrected chi connectivity index (χ3v) is 5.34. The van der Waals surface area contributed by atoms with Crippen LogP contribution < -0.4 is 4.90 Å². The average molecular weight is 401 g/mol. The Morgan fingerprint density at radius 2 is 1.26 bits per heavy atom. The molecule has 0 saturated carbocycles. The van der Waals surface area contributed by atoms with Crippen molar-refractivity contribution >= 4 is 17.0 Å². The van der Waals surface area contributed by atoms with Gasteiger partial charge in [-0.25, -0.2) is 0 Å². The molecule has 0 N–H and O–H groups in total. The highest BCUT2D eigenvalue weighted by Crippen LogP contribution is 2.39. The molecule has 5 rings (SSSR count). The second-order valence-corrected chi connectivity index (χ2v) is 7.33. The zero-order valence-corrected chi connectivity index (χ0v) is 16.9. The van der Waals surface area contributed by atoms with Crippen LogP contribution in [-0.4, -0.2) is 4.76 Å². The quantitative estimate of drug-likeness (QED) is 0.456. The Bertz CT molecular complexity index is 1260. The molecular weight excluding hydrogens is 380 g/mol. The van der Waals surface area contributed by atoms with Crippen molar-refractivity contribution in [2.45, 2.75) is 0 Å². The summed E-state index contributed by atoms with van der Waals surface area (Å²) >= 11 is 0. The second-order valence-electron chi connectivity index (χ2n) is 7.33. The zero-order chi connectivity index (χ0) is 21.0. The monoisotopic (exact) mass is 401 g/mol. The van der Waals surface area contributed by atoms with E-state index in [1.807, 2.05) is 66.7 Å². The summed E-state index contributed by atoms with van der Waals surface area (Å²) < 4.78 is 0.929. The van der Waals surface area contributed by atoms with E-state index >= 15 is 0 Å². The lowest BCUT2D eigenvalue weighted by Crippen LogP contribution is -2.26. The van der Waals surface area contributed by atoms with Crippen LogP contribution in [0.4, 0.5) is 5.69 Å². The summed E-state index contributed by atoms with van der Waals surface area (Å²) in [6.45, 7) is 0. The van der Waals surface area contributed by atoms with Gasteiger partial charge < -0.3 is 4.90 Å². The summed E-state index contributed by atoms with van der Waals surface area (Å²) in [6.07, 6.45) is 11.4. The lowest BCUT2D eigenvalue weighted by molar-refractivity contribution is -0.420. The van der Waals surface area contributed by atoms with Gasteiger partial charge in [-0.3, -0.25) is 0 Å². The van der Waals surface area contributed by atoms with Gasteiger partial charge in [0.25, 0.3) is 5.70 Å². The Kier molecular flexibility index (Phi) is 4.99. The molecule has 0 fully saturated rings. The van der Waals surface area contributed by atoms with E-state index in [1.54, 1.807) is 12.3 Å². The van der Waals surface area contributed by atoms with Crippen LogP contribution in [0.2, 0.25) is 0 Å². The molecule has 31 heavy (non-hydrogen) atoms. The molecule has 3 nitrogen and oxygen atoms in total. The van der Waals surface area contributed by atoms with Crippen molar-refractivity contribution in [3.05, 3.63) is 155 Å². The van der Waals surface area contributed by atoms with Gasteiger partial charge in [-0.1, -0.05) is 78.9 Å². The van der Waals surface area contributed by atoms with Crippen molar-refractivity contribution in [2.24, 2.45) is 0 Å². The molecule has 3 aromatic rings. The summed E-state index contributed by atoms with van der Waals surface area (Å²) in [5.41, 5.74) is 6.70. The third-order valence-electron chi connectivity index (χ3n) is 5.34. The van der Waals surface area contributed by atoms with E-state index in [0.29, 0.717) is 5.70 Å². The largest absolute Gasteiger partial charge is 0.304 e. The van der Waals surface area contributed by atoms with Gasteiger partial charge >= 0.3 is 0 Å². The first-order valence-corrected chi connectivity index (χ1v) is 10.3. The second kappa shape index (κ2) is 8.25. The first-order valence-electron chi connectivity index (χ1n) is 10.3. The minimum absolute atomic E-state index is 0.598. The fourth-order valence-electron chi connectivity index (χ4n) is 3.88. The Hall–Kier alpha value is -4.24. The lowest BCUT2D eigenvalue weighted by atomic mass is 9.95. The number of allylic oxidation sites excluding steroid dienone is 6. The first-order chi connectivity index (χ1) is 15.3. The van der Waals surface area contributed by atoms with Gasteiger partial charge in [0.15, 0.2) is 0 Å². The highest BCUT2D eigenvalue weighted by molar-refractivity contribution is 5.96. The molecule has 0 saturated heterocycles. The summed E-state index contributed by atoms with van der Waals surface area (Å²) in [5, 5.41) is 0. The number of rotatable bonds is 3. The van der Waals surface area contributed by atoms with Crippen molar-refractivity contribution < 1.29 is 4.76 Å². The first kappa shape index (κ1) is 18.8. The zero-order valence-electron chi connectivity index (χ0n) is 16.9. The predicted octanol–water partition coefficient (Wildman–Crippen LogP) is 6.71. The number of para-hydroxylation sites is 1. The van der Waals surface area contributed by atoms with Crippen LogP contribution in [0.5, 0.6) is 0 Å². The van der Waals surface area contributed by atoms with Crippen molar-refractivity contribution in [3.8, 4) is 0 Å². The number of nitrogens with zero attached hydrogens (tertiary/aromatic N) is 2. The van der Waals surface area contributed by atoms with E-state index in [0.717, 1.165) is 38.5 Å². The van der Waals surface area contributed by atoms with Crippen molar-refractivity contribution in [3.63, 3.8) is 0 Å². The minimum atomic E-state index is 0.598. The van der Waals surface area contributed by atoms with E-state index in [-0.39, 0.29) is 0 Å². The van der Waals surface area contributed by atoms with Gasteiger partial charge in [-0.2, -0.15) is 0 Å². The SMILES string of the molecule is O=[N+]1C=CC=CC1=C1C=C(c2ccccc2)C=C(c2ccccc2)N1c1ccccc1. The number of hydrogen-bond acceptors (Lipinski definition) is 2. The Balaban J connectivity index is 1.80. The highest BCUT2D eigenvalue weighted by Gasteiger charge is 2.30. The van der Waals surface area contributed by atoms with Crippen LogP contribution in [-0.2, 0) is 0 Å². The number of hydrogen-bond donors (Lipinski definition) is 0. The molecule has 0 bridgehead atoms. The van der Waals surface area contributed by atoms with Crippen LogP contribution in [0.15, 0.2) is 139 Å². The Morgan fingerprint density at radius 3 is 1.90 bits per heavy atom. The summed E-state index contributed by atoms with van der Waals surface area (Å²) in [7, 11) is 0. The maximum atomic E-state index is 12.8. The van der Waals surface area contributed by atoms with Gasteiger partial charge in [0, 0.05) is 22.7 Å². The maximum Gasteiger partial charge on any atom is 0.286 e. The molecular formula is C28H21N2O+. The van der Waals surface area contributed by atoms with E-state index in [1.165, 1.54) is 0 Å². The molecule has 0 unspecified atom stereocenters. The average Bonchev–Trinajstić information content (AvgIpc) is 2.85. The molecule has 2 aliphatic rings. The smallest absolute Gasteiger partial charge is 0.286 e. The molecule has 0 aromatic heterocycles. The van der Waals surface area contributed by atoms with Crippen LogP contribution in [0.3, 0.4) is 0 Å². The van der Waals surface area contributed by atoms with E-state index in [9.17, 15) is 4.91 Å². The molecule has 3 aromatic carbocycles. The van der Waals surface area contributed by atoms with Gasteiger partial charge in [0.05, 0.1) is 10.5 Å². The van der Waals surface area contributed by atoms with Gasteiger partial charge in [-0.15, -0.1) is 0 Å². The summed E-state index contributed by atoms with van der Waals surface area (Å²) in [5.74, 6) is 0. The molecule has 0 amide bonds. The molecule has 0 radical (unpaired) electrons. The lowest BCUT2D eigenvalue weighted by Gasteiger charge is -2.32. The van der Waals surface area contributed by atoms with E-state index < -0.39 is 0 Å². The van der Waals surface area contributed by atoms with Gasteiger partial charge in [0.2, 0.25) is 6.20 Å². The van der Waals surface area contributed by atoms with Gasteiger partial charge in [0.1, 0.15) is 5.70 Å². The van der Waals surface area contributed by atoms with Crippen LogP contribution >= 0.6 is 0 Å². The maximum absolute atomic E-state index is 12.8. The Morgan fingerprint density at radius 1 is 0.645 bits per heavy atom. The molecule has 3 heteroatoms. The normalized spacial score (nSPS) is 18.1. The summed E-state index contributed by atoms with van der Waals surface area (Å²) in [4.78, 5) is 15.0. The standard InChI is InChI=1S/C28H21N2O/c31-29-19-11-10-18-26(29)28-21-24(22-12-4-1-5-13-22)20-27(23-14-6-2-7-15-23)30(28)25-16-8-3-9-17-25/h1-21H/q+1. The highest BCUT2D eigenvalue weighted by atomic mass is 16.3. The van der Waals surface area contributed by atoms with E-state index in [4.69, 9.17) is 0 Å². The number of anilines is 1. The van der Waals surface area contributed by atoms with Crippen LogP contribution in [0.25, 0.3) is 11.3 Å². The van der Waals surface area contributed by atoms with Crippen molar-refractivity contribution in [1.82, 2.24) is 0 Å². The minimum Gasteiger partial charge on any atom is -0.304 e. The Labute approximate surface area is 181 Å². The van der Waals surface area contributed by atoms with Crippen molar-refractivity contribution in [2.75, 3.05) is 4.90 Å². The number of benzene rings is 3. The molecule has 0 aliphatic carbocycles. The fourth-order valence-corrected chi connectivity index (χ4v) is 3.88. The van der Waals surface area contributed by atoms with Gasteiger partial charge in [-0.05, 0) is 47.1 Å². The fraction of sp³-hybridized carbons (Fsp3) is 0. The predicted molar refractivity (Wildman–Crippen MR) is 127 cm³/mol. The third kappa shape index (κ3) is 3.69. The van der Waals surface area contributed by atoms with Crippen molar-refractivity contribution in [1.29, 1.82) is 0 Å². The summed E-state index contributed by atoms with van der Waals surface area (Å²) in [6, 6.07) is 30.7. The molecule has 148 valence electrons. The molecule has 0 spiro atoms. The number of nitroso groups, excluding NO2 is 1. The van der Waals surface area contributed by atoms with E-state index in [2.05, 4.69) is 53.5 Å². The molecule has 2 heterocycles. The molecule has 0 atom stereocenters. The topological polar surface area (TPSA) is 23.3 Å². The molecule has 2 aliphatic heterocycles. The van der Waals surface area contributed by atoms with Crippen LogP contribution in [0.1, 0.15) is 11.1 Å². The van der Waals surface area contributed by atoms with Crippen LogP contribution in [0, 0.1) is 4.91 Å².